The van der Waals surface area contributed by atoms with Gasteiger partial charge in [-0.05, 0) is 59.0 Å². The number of fused-ring (bicyclic) bond motifs is 1. The Labute approximate surface area is 205 Å². The molecule has 35 heavy (non-hydrogen) atoms. The maximum atomic E-state index is 13.2. The molecular weight excluding hydrogens is 462 g/mol. The Hall–Kier alpha value is -3.49. The van der Waals surface area contributed by atoms with Crippen molar-refractivity contribution in [1.82, 2.24) is 14.9 Å². The maximum absolute atomic E-state index is 13.2. The van der Waals surface area contributed by atoms with E-state index in [2.05, 4.69) is 17.2 Å². The van der Waals surface area contributed by atoms with Crippen LogP contribution in [0.3, 0.4) is 0 Å². The molecule has 3 aromatic carbocycles. The molecule has 0 spiro atoms. The molecule has 1 aliphatic rings. The fraction of sp³-hybridized carbons (Fsp3) is 0.259. The van der Waals surface area contributed by atoms with E-state index in [9.17, 15) is 18.0 Å². The van der Waals surface area contributed by atoms with Crippen LogP contribution < -0.4 is 10.6 Å². The number of amides is 2. The van der Waals surface area contributed by atoms with Gasteiger partial charge in [-0.2, -0.15) is 4.31 Å². The summed E-state index contributed by atoms with van der Waals surface area (Å²) in [4.78, 5) is 24.4. The Morgan fingerprint density at radius 3 is 2.49 bits per heavy atom. The van der Waals surface area contributed by atoms with Crippen LogP contribution in [0.5, 0.6) is 0 Å². The first kappa shape index (κ1) is 24.6. The normalized spacial score (nSPS) is 18.7. The van der Waals surface area contributed by atoms with Gasteiger partial charge < -0.3 is 10.6 Å². The van der Waals surface area contributed by atoms with Crippen molar-refractivity contribution in [3.63, 3.8) is 0 Å². The summed E-state index contributed by atoms with van der Waals surface area (Å²) >= 11 is 0. The molecule has 1 heterocycles. The Bertz CT molecular complexity index is 1350. The Morgan fingerprint density at radius 2 is 1.77 bits per heavy atom. The molecule has 1 aliphatic heterocycles. The van der Waals surface area contributed by atoms with E-state index in [1.807, 2.05) is 49.4 Å². The molecule has 0 bridgehead atoms. The van der Waals surface area contributed by atoms with E-state index in [1.165, 1.54) is 34.6 Å². The summed E-state index contributed by atoms with van der Waals surface area (Å²) in [6.45, 7) is 6.35. The maximum Gasteiger partial charge on any atom is 0.251 e. The second-order valence-corrected chi connectivity index (χ2v) is 10.7. The van der Waals surface area contributed by atoms with Crippen molar-refractivity contribution >= 4 is 32.6 Å². The number of nitrogens with one attached hydrogen (secondary N) is 2. The fourth-order valence-electron chi connectivity index (χ4n) is 4.43. The minimum Gasteiger partial charge on any atom is -0.349 e. The van der Waals surface area contributed by atoms with Crippen molar-refractivity contribution in [2.24, 2.45) is 5.92 Å². The highest BCUT2D eigenvalue weighted by Crippen LogP contribution is 2.24. The van der Waals surface area contributed by atoms with Gasteiger partial charge in [0, 0.05) is 31.2 Å². The molecule has 0 saturated carbocycles. The molecule has 3 aromatic rings. The number of sulfonamides is 1. The van der Waals surface area contributed by atoms with Crippen molar-refractivity contribution in [2.75, 3.05) is 13.1 Å². The van der Waals surface area contributed by atoms with Gasteiger partial charge in [-0.15, -0.1) is 0 Å². The fourth-order valence-corrected chi connectivity index (χ4v) is 5.99. The number of carbonyl (C=O) groups is 2. The molecule has 7 nitrogen and oxygen atoms in total. The van der Waals surface area contributed by atoms with Crippen molar-refractivity contribution in [1.29, 1.82) is 0 Å². The van der Waals surface area contributed by atoms with Gasteiger partial charge in [-0.1, -0.05) is 56.0 Å². The van der Waals surface area contributed by atoms with Gasteiger partial charge in [-0.3, -0.25) is 9.59 Å². The molecule has 0 radical (unpaired) electrons. The van der Waals surface area contributed by atoms with E-state index in [0.717, 1.165) is 16.3 Å². The van der Waals surface area contributed by atoms with Crippen LogP contribution in [0.1, 0.15) is 29.3 Å². The van der Waals surface area contributed by atoms with Gasteiger partial charge in [0.25, 0.3) is 5.91 Å². The molecule has 182 valence electrons. The van der Waals surface area contributed by atoms with Gasteiger partial charge in [0.1, 0.15) is 0 Å². The lowest BCUT2D eigenvalue weighted by atomic mass is 9.95. The predicted octanol–water partition coefficient (Wildman–Crippen LogP) is 3.47. The summed E-state index contributed by atoms with van der Waals surface area (Å²) in [5.74, 6) is -0.566. The van der Waals surface area contributed by atoms with Crippen molar-refractivity contribution in [3.05, 3.63) is 90.5 Å². The van der Waals surface area contributed by atoms with Gasteiger partial charge >= 0.3 is 0 Å². The zero-order valence-electron chi connectivity index (χ0n) is 19.6. The average molecular weight is 492 g/mol. The standard InChI is InChI=1S/C27H29N3O4S/c1-3-26(31)29-25-15-16-30(18-19(25)2)35(33,34)23-13-11-21(12-14-23)27(32)28-17-22-9-6-8-20-7-4-5-10-24(20)22/h3-14,19,25H,1,15-18H2,2H3,(H,28,32)(H,29,31). The number of carbonyl (C=O) groups excluding carboxylic acids is 2. The Balaban J connectivity index is 1.40. The third kappa shape index (κ3) is 5.44. The minimum atomic E-state index is -3.71. The molecule has 4 rings (SSSR count). The number of nitrogens with zero attached hydrogens (tertiary/aromatic N) is 1. The van der Waals surface area contributed by atoms with E-state index >= 15 is 0 Å². The third-order valence-corrected chi connectivity index (χ3v) is 8.33. The Morgan fingerprint density at radius 1 is 1.06 bits per heavy atom. The number of benzene rings is 3. The summed E-state index contributed by atoms with van der Waals surface area (Å²) in [6, 6.07) is 19.9. The zero-order chi connectivity index (χ0) is 25.0. The van der Waals surface area contributed by atoms with E-state index in [1.54, 1.807) is 0 Å². The van der Waals surface area contributed by atoms with Crippen molar-refractivity contribution < 1.29 is 18.0 Å². The van der Waals surface area contributed by atoms with Crippen LogP contribution >= 0.6 is 0 Å². The van der Waals surface area contributed by atoms with E-state index in [4.69, 9.17) is 0 Å². The molecule has 0 aliphatic carbocycles. The second-order valence-electron chi connectivity index (χ2n) is 8.79. The first-order valence-electron chi connectivity index (χ1n) is 11.6. The molecule has 2 unspecified atom stereocenters. The Kier molecular flexibility index (Phi) is 7.33. The molecule has 0 aromatic heterocycles. The van der Waals surface area contributed by atoms with Crippen LogP contribution in [0.4, 0.5) is 0 Å². The van der Waals surface area contributed by atoms with Crippen LogP contribution in [-0.4, -0.2) is 43.7 Å². The first-order valence-corrected chi connectivity index (χ1v) is 13.0. The molecule has 2 amide bonds. The van der Waals surface area contributed by atoms with E-state index < -0.39 is 10.0 Å². The van der Waals surface area contributed by atoms with Gasteiger partial charge in [0.05, 0.1) is 4.90 Å². The van der Waals surface area contributed by atoms with Gasteiger partial charge in [-0.25, -0.2) is 8.42 Å². The number of hydrogen-bond acceptors (Lipinski definition) is 4. The van der Waals surface area contributed by atoms with Crippen molar-refractivity contribution in [2.45, 2.75) is 30.8 Å². The molecule has 8 heteroatoms. The lowest BCUT2D eigenvalue weighted by Crippen LogP contribution is -2.51. The summed E-state index contributed by atoms with van der Waals surface area (Å²) in [7, 11) is -3.71. The molecular formula is C27H29N3O4S. The number of piperidine rings is 1. The van der Waals surface area contributed by atoms with Gasteiger partial charge in [0.15, 0.2) is 0 Å². The largest absolute Gasteiger partial charge is 0.349 e. The third-order valence-electron chi connectivity index (χ3n) is 6.45. The van der Waals surface area contributed by atoms with Crippen LogP contribution in [0, 0.1) is 5.92 Å². The average Bonchev–Trinajstić information content (AvgIpc) is 2.88. The minimum absolute atomic E-state index is 0.0402. The van der Waals surface area contributed by atoms with E-state index in [0.29, 0.717) is 31.6 Å². The summed E-state index contributed by atoms with van der Waals surface area (Å²) in [5, 5.41) is 7.97. The molecule has 1 fully saturated rings. The molecule has 2 N–H and O–H groups in total. The van der Waals surface area contributed by atoms with Crippen LogP contribution in [0.2, 0.25) is 0 Å². The number of hydrogen-bond donors (Lipinski definition) is 2. The summed E-state index contributed by atoms with van der Waals surface area (Å²) in [5.41, 5.74) is 1.40. The lowest BCUT2D eigenvalue weighted by molar-refractivity contribution is -0.117. The summed E-state index contributed by atoms with van der Waals surface area (Å²) in [6.07, 6.45) is 1.74. The zero-order valence-corrected chi connectivity index (χ0v) is 20.4. The van der Waals surface area contributed by atoms with Crippen LogP contribution in [0.25, 0.3) is 10.8 Å². The molecule has 2 atom stereocenters. The van der Waals surface area contributed by atoms with Crippen LogP contribution in [0.15, 0.2) is 84.3 Å². The van der Waals surface area contributed by atoms with Crippen molar-refractivity contribution in [3.8, 4) is 0 Å². The van der Waals surface area contributed by atoms with Gasteiger partial charge in [0.2, 0.25) is 15.9 Å². The predicted molar refractivity (Wildman–Crippen MR) is 136 cm³/mol. The lowest BCUT2D eigenvalue weighted by Gasteiger charge is -2.36. The smallest absolute Gasteiger partial charge is 0.251 e. The van der Waals surface area contributed by atoms with E-state index in [-0.39, 0.29) is 28.7 Å². The first-order chi connectivity index (χ1) is 16.8. The quantitative estimate of drug-likeness (QED) is 0.495. The highest BCUT2D eigenvalue weighted by atomic mass is 32.2. The summed E-state index contributed by atoms with van der Waals surface area (Å²) < 4.78 is 27.7. The highest BCUT2D eigenvalue weighted by molar-refractivity contribution is 7.89. The highest BCUT2D eigenvalue weighted by Gasteiger charge is 2.34. The number of rotatable bonds is 7. The SMILES string of the molecule is C=CC(=O)NC1CCN(S(=O)(=O)c2ccc(C(=O)NCc3cccc4ccccc34)cc2)CC1C. The molecule has 1 saturated heterocycles. The topological polar surface area (TPSA) is 95.6 Å². The monoisotopic (exact) mass is 491 g/mol. The second kappa shape index (κ2) is 10.4. The van der Waals surface area contributed by atoms with Crippen LogP contribution in [-0.2, 0) is 21.4 Å².